The quantitative estimate of drug-likeness (QED) is 0.801. The Balaban J connectivity index is 1.41. The smallest absolute Gasteiger partial charge is 0.312 e. The normalized spacial score (nSPS) is 31.0. The van der Waals surface area contributed by atoms with Gasteiger partial charge in [-0.3, -0.25) is 14.6 Å². The van der Waals surface area contributed by atoms with Gasteiger partial charge in [0.2, 0.25) is 0 Å². The molecule has 0 radical (unpaired) electrons. The molecule has 3 heterocycles. The number of rotatable bonds is 3. The van der Waals surface area contributed by atoms with Gasteiger partial charge >= 0.3 is 6.03 Å². The summed E-state index contributed by atoms with van der Waals surface area (Å²) in [6, 6.07) is 10.7. The molecule has 1 aromatic carbocycles. The van der Waals surface area contributed by atoms with Crippen LogP contribution >= 0.6 is 0 Å². The molecule has 5 nitrogen and oxygen atoms in total. The molecule has 0 saturated carbocycles. The number of piperidine rings is 1. The minimum atomic E-state index is -0.171. The number of hydrogen-bond acceptors (Lipinski definition) is 3. The zero-order chi connectivity index (χ0) is 16.7. The van der Waals surface area contributed by atoms with Crippen molar-refractivity contribution in [3.8, 4) is 0 Å². The first-order chi connectivity index (χ1) is 11.6. The highest BCUT2D eigenvalue weighted by Crippen LogP contribution is 2.32. The van der Waals surface area contributed by atoms with Crippen LogP contribution in [0.4, 0.5) is 4.79 Å². The lowest BCUT2D eigenvalue weighted by molar-refractivity contribution is -0.130. The Morgan fingerprint density at radius 1 is 1.08 bits per heavy atom. The van der Waals surface area contributed by atoms with Gasteiger partial charge in [0.05, 0.1) is 0 Å². The van der Waals surface area contributed by atoms with Crippen molar-refractivity contribution < 1.29 is 9.59 Å². The number of carbonyl (C=O) groups excluding carboxylic acids is 2. The van der Waals surface area contributed by atoms with E-state index >= 15 is 0 Å². The number of benzene rings is 1. The standard InChI is InChI=1S/C19H25N3O2/c1-14-12-16(9-11-20(14)13-15-6-3-2-4-7-15)22-18(23)17-8-5-10-21(17)19(22)24/h2-4,6-7,14,16-17H,5,8-13H2,1H3/t14-,16-,17+/m1/s1. The lowest BCUT2D eigenvalue weighted by Gasteiger charge is -2.40. The molecule has 0 bridgehead atoms. The van der Waals surface area contributed by atoms with E-state index in [0.717, 1.165) is 45.3 Å². The van der Waals surface area contributed by atoms with Gasteiger partial charge in [0.1, 0.15) is 6.04 Å². The molecule has 24 heavy (non-hydrogen) atoms. The van der Waals surface area contributed by atoms with E-state index in [9.17, 15) is 9.59 Å². The second-order valence-corrected chi connectivity index (χ2v) is 7.33. The molecule has 0 spiro atoms. The molecule has 3 aliphatic heterocycles. The Morgan fingerprint density at radius 2 is 1.88 bits per heavy atom. The molecule has 0 aliphatic carbocycles. The largest absolute Gasteiger partial charge is 0.327 e. The van der Waals surface area contributed by atoms with Crippen molar-refractivity contribution in [2.45, 2.75) is 57.3 Å². The average Bonchev–Trinajstić information content (AvgIpc) is 3.15. The maximum atomic E-state index is 12.6. The van der Waals surface area contributed by atoms with Gasteiger partial charge in [-0.25, -0.2) is 4.79 Å². The van der Waals surface area contributed by atoms with Crippen LogP contribution in [-0.4, -0.2) is 57.9 Å². The van der Waals surface area contributed by atoms with Gasteiger partial charge in [-0.15, -0.1) is 0 Å². The average molecular weight is 327 g/mol. The van der Waals surface area contributed by atoms with Crippen molar-refractivity contribution in [1.82, 2.24) is 14.7 Å². The maximum Gasteiger partial charge on any atom is 0.327 e. The third-order valence-corrected chi connectivity index (χ3v) is 5.81. The molecular weight excluding hydrogens is 302 g/mol. The zero-order valence-electron chi connectivity index (χ0n) is 14.2. The number of urea groups is 1. The second kappa shape index (κ2) is 6.20. The molecule has 1 aromatic rings. The molecular formula is C19H25N3O2. The van der Waals surface area contributed by atoms with Crippen LogP contribution in [-0.2, 0) is 11.3 Å². The lowest BCUT2D eigenvalue weighted by Crippen LogP contribution is -2.51. The first-order valence-electron chi connectivity index (χ1n) is 9.07. The number of hydrogen-bond donors (Lipinski definition) is 0. The van der Waals surface area contributed by atoms with Gasteiger partial charge in [-0.1, -0.05) is 30.3 Å². The summed E-state index contributed by atoms with van der Waals surface area (Å²) in [7, 11) is 0. The van der Waals surface area contributed by atoms with Crippen LogP contribution in [0, 0.1) is 0 Å². The summed E-state index contributed by atoms with van der Waals surface area (Å²) in [5.74, 6) is 0.0474. The molecule has 3 atom stereocenters. The predicted molar refractivity (Wildman–Crippen MR) is 91.3 cm³/mol. The lowest BCUT2D eigenvalue weighted by atomic mass is 9.96. The van der Waals surface area contributed by atoms with E-state index in [4.69, 9.17) is 0 Å². The number of fused-ring (bicyclic) bond motifs is 1. The monoisotopic (exact) mass is 327 g/mol. The van der Waals surface area contributed by atoms with Crippen LogP contribution in [0.25, 0.3) is 0 Å². The summed E-state index contributed by atoms with van der Waals surface area (Å²) >= 11 is 0. The summed E-state index contributed by atoms with van der Waals surface area (Å²) in [5, 5.41) is 0. The van der Waals surface area contributed by atoms with Gasteiger partial charge in [-0.05, 0) is 38.2 Å². The fourth-order valence-electron chi connectivity index (χ4n) is 4.46. The second-order valence-electron chi connectivity index (χ2n) is 7.33. The highest BCUT2D eigenvalue weighted by Gasteiger charge is 2.50. The van der Waals surface area contributed by atoms with E-state index in [2.05, 4.69) is 36.1 Å². The van der Waals surface area contributed by atoms with Gasteiger partial charge in [0.25, 0.3) is 5.91 Å². The minimum absolute atomic E-state index is 0.0452. The number of amides is 3. The molecule has 0 N–H and O–H groups in total. The van der Waals surface area contributed by atoms with Crippen LogP contribution in [0.2, 0.25) is 0 Å². The van der Waals surface area contributed by atoms with E-state index < -0.39 is 0 Å². The SMILES string of the molecule is C[C@@H]1C[C@H](N2C(=O)[C@@H]3CCCN3C2=O)CCN1Cc1ccccc1. The Labute approximate surface area is 143 Å². The number of carbonyl (C=O) groups is 2. The first-order valence-corrected chi connectivity index (χ1v) is 9.07. The van der Waals surface area contributed by atoms with Crippen LogP contribution < -0.4 is 0 Å². The third-order valence-electron chi connectivity index (χ3n) is 5.81. The molecule has 3 amide bonds. The summed E-state index contributed by atoms with van der Waals surface area (Å²) in [4.78, 5) is 31.0. The molecule has 4 rings (SSSR count). The van der Waals surface area contributed by atoms with Crippen molar-refractivity contribution in [2.75, 3.05) is 13.1 Å². The molecule has 0 unspecified atom stereocenters. The van der Waals surface area contributed by atoms with Gasteiger partial charge in [-0.2, -0.15) is 0 Å². The third kappa shape index (κ3) is 2.61. The molecule has 3 aliphatic rings. The number of likely N-dealkylation sites (tertiary alicyclic amines) is 1. The molecule has 3 saturated heterocycles. The van der Waals surface area contributed by atoms with Crippen LogP contribution in [0.5, 0.6) is 0 Å². The number of nitrogens with zero attached hydrogens (tertiary/aromatic N) is 3. The topological polar surface area (TPSA) is 43.9 Å². The summed E-state index contributed by atoms with van der Waals surface area (Å²) < 4.78 is 0. The van der Waals surface area contributed by atoms with Crippen LogP contribution in [0.3, 0.4) is 0 Å². The van der Waals surface area contributed by atoms with Crippen LogP contribution in [0.1, 0.15) is 38.2 Å². The fourth-order valence-corrected chi connectivity index (χ4v) is 4.46. The van der Waals surface area contributed by atoms with Crippen molar-refractivity contribution in [3.05, 3.63) is 35.9 Å². The number of imide groups is 1. The summed E-state index contributed by atoms with van der Waals surface area (Å²) in [5.41, 5.74) is 1.32. The highest BCUT2D eigenvalue weighted by atomic mass is 16.2. The van der Waals surface area contributed by atoms with Crippen molar-refractivity contribution in [1.29, 1.82) is 0 Å². The molecule has 3 fully saturated rings. The van der Waals surface area contributed by atoms with Crippen LogP contribution in [0.15, 0.2) is 30.3 Å². The Hall–Kier alpha value is -1.88. The minimum Gasteiger partial charge on any atom is -0.312 e. The maximum absolute atomic E-state index is 12.6. The summed E-state index contributed by atoms with van der Waals surface area (Å²) in [6.07, 6.45) is 3.56. The summed E-state index contributed by atoms with van der Waals surface area (Å²) in [6.45, 7) is 4.82. The van der Waals surface area contributed by atoms with E-state index in [0.29, 0.717) is 6.04 Å². The van der Waals surface area contributed by atoms with Gasteiger partial charge in [0, 0.05) is 31.7 Å². The Morgan fingerprint density at radius 3 is 2.58 bits per heavy atom. The van der Waals surface area contributed by atoms with E-state index in [1.807, 2.05) is 6.07 Å². The molecule has 128 valence electrons. The van der Waals surface area contributed by atoms with Gasteiger partial charge in [0.15, 0.2) is 0 Å². The molecule has 5 heteroatoms. The van der Waals surface area contributed by atoms with E-state index in [1.54, 1.807) is 9.80 Å². The fraction of sp³-hybridized carbons (Fsp3) is 0.579. The first kappa shape index (κ1) is 15.6. The predicted octanol–water partition coefficient (Wildman–Crippen LogP) is 2.47. The van der Waals surface area contributed by atoms with Crippen molar-refractivity contribution in [2.24, 2.45) is 0 Å². The Bertz CT molecular complexity index is 611. The Kier molecular flexibility index (Phi) is 4.04. The van der Waals surface area contributed by atoms with Crippen molar-refractivity contribution >= 4 is 11.9 Å². The highest BCUT2D eigenvalue weighted by molar-refractivity contribution is 6.04. The van der Waals surface area contributed by atoms with E-state index in [-0.39, 0.29) is 24.0 Å². The zero-order valence-corrected chi connectivity index (χ0v) is 14.2. The van der Waals surface area contributed by atoms with Gasteiger partial charge < -0.3 is 4.90 Å². The van der Waals surface area contributed by atoms with E-state index in [1.165, 1.54) is 5.56 Å². The van der Waals surface area contributed by atoms with Crippen molar-refractivity contribution in [3.63, 3.8) is 0 Å². The molecule has 0 aromatic heterocycles.